The molecule has 1 atom stereocenters. The van der Waals surface area contributed by atoms with Crippen LogP contribution < -0.4 is 0 Å². The van der Waals surface area contributed by atoms with E-state index in [2.05, 4.69) is 31.2 Å². The molecule has 2 heteroatoms. The number of carbonyl (C=O) groups excluding carboxylic acids is 1. The Kier molecular flexibility index (Phi) is 4.43. The zero-order chi connectivity index (χ0) is 13.7. The van der Waals surface area contributed by atoms with E-state index in [0.717, 1.165) is 17.6 Å². The zero-order valence-electron chi connectivity index (χ0n) is 11.3. The lowest BCUT2D eigenvalue weighted by atomic mass is 9.86. The van der Waals surface area contributed by atoms with E-state index < -0.39 is 5.41 Å². The van der Waals surface area contributed by atoms with Gasteiger partial charge in [0.05, 0.1) is 5.41 Å². The topological polar surface area (TPSA) is 17.1 Å². The lowest BCUT2D eigenvalue weighted by Gasteiger charge is -2.23. The summed E-state index contributed by atoms with van der Waals surface area (Å²) in [7, 11) is 0. The van der Waals surface area contributed by atoms with Crippen LogP contribution in [-0.2, 0) is 10.2 Å². The highest BCUT2D eigenvalue weighted by Crippen LogP contribution is 2.30. The van der Waals surface area contributed by atoms with Crippen LogP contribution in [0.15, 0.2) is 59.5 Å². The fraction of sp³-hybridized carbons (Fsp3) is 0.235. The molecule has 0 spiro atoms. The third-order valence-electron chi connectivity index (χ3n) is 3.25. The molecule has 0 aliphatic carbocycles. The lowest BCUT2D eigenvalue weighted by molar-refractivity contribution is -0.111. The Hall–Kier alpha value is -1.54. The molecule has 0 aliphatic rings. The van der Waals surface area contributed by atoms with Crippen LogP contribution in [0.25, 0.3) is 0 Å². The van der Waals surface area contributed by atoms with Gasteiger partial charge < -0.3 is 4.79 Å². The molecule has 2 aromatic carbocycles. The maximum atomic E-state index is 11.5. The fourth-order valence-electron chi connectivity index (χ4n) is 1.87. The van der Waals surface area contributed by atoms with Crippen LogP contribution >= 0.6 is 11.8 Å². The molecule has 0 saturated heterocycles. The monoisotopic (exact) mass is 270 g/mol. The summed E-state index contributed by atoms with van der Waals surface area (Å²) in [5.41, 5.74) is 1.90. The van der Waals surface area contributed by atoms with Gasteiger partial charge in [-0.15, -0.1) is 11.8 Å². The molecule has 0 radical (unpaired) electrons. The molecular weight excluding hydrogens is 252 g/mol. The number of carbonyl (C=O) groups is 1. The smallest absolute Gasteiger partial charge is 0.131 e. The van der Waals surface area contributed by atoms with Crippen molar-refractivity contribution in [2.75, 3.05) is 5.75 Å². The summed E-state index contributed by atoms with van der Waals surface area (Å²) >= 11 is 1.72. The van der Waals surface area contributed by atoms with Crippen LogP contribution in [0.5, 0.6) is 0 Å². The minimum atomic E-state index is -0.434. The van der Waals surface area contributed by atoms with Gasteiger partial charge in [-0.3, -0.25) is 0 Å². The number of aryl methyl sites for hydroxylation is 1. The molecule has 1 unspecified atom stereocenters. The number of aldehydes is 1. The van der Waals surface area contributed by atoms with Gasteiger partial charge in [0.15, 0.2) is 0 Å². The second kappa shape index (κ2) is 6.07. The highest BCUT2D eigenvalue weighted by atomic mass is 32.2. The van der Waals surface area contributed by atoms with E-state index in [1.165, 1.54) is 10.5 Å². The van der Waals surface area contributed by atoms with Crippen molar-refractivity contribution in [3.63, 3.8) is 0 Å². The van der Waals surface area contributed by atoms with Gasteiger partial charge in [-0.25, -0.2) is 0 Å². The van der Waals surface area contributed by atoms with Crippen molar-refractivity contribution < 1.29 is 4.79 Å². The molecule has 19 heavy (non-hydrogen) atoms. The fourth-order valence-corrected chi connectivity index (χ4v) is 2.90. The Bertz CT molecular complexity index is 533. The average Bonchev–Trinajstić information content (AvgIpc) is 2.47. The molecule has 0 amide bonds. The van der Waals surface area contributed by atoms with E-state index in [-0.39, 0.29) is 0 Å². The molecule has 1 nitrogen and oxygen atoms in total. The van der Waals surface area contributed by atoms with Crippen LogP contribution in [0.4, 0.5) is 0 Å². The third-order valence-corrected chi connectivity index (χ3v) is 4.60. The maximum Gasteiger partial charge on any atom is 0.131 e. The molecule has 98 valence electrons. The number of rotatable bonds is 5. The highest BCUT2D eigenvalue weighted by Gasteiger charge is 2.26. The van der Waals surface area contributed by atoms with Gasteiger partial charge in [0.2, 0.25) is 0 Å². The van der Waals surface area contributed by atoms with E-state index in [4.69, 9.17) is 0 Å². The largest absolute Gasteiger partial charge is 0.302 e. The van der Waals surface area contributed by atoms with E-state index >= 15 is 0 Å². The Morgan fingerprint density at radius 1 is 1.05 bits per heavy atom. The number of hydrogen-bond donors (Lipinski definition) is 0. The summed E-state index contributed by atoms with van der Waals surface area (Å²) in [6, 6.07) is 18.4. The number of benzene rings is 2. The van der Waals surface area contributed by atoms with Crippen molar-refractivity contribution in [2.45, 2.75) is 24.2 Å². The minimum Gasteiger partial charge on any atom is -0.302 e. The second-order valence-electron chi connectivity index (χ2n) is 5.00. The summed E-state index contributed by atoms with van der Waals surface area (Å²) in [6.07, 6.45) is 1.06. The SMILES string of the molecule is Cc1ccc(SCC(C)(C=O)c2ccccc2)cc1. The zero-order valence-corrected chi connectivity index (χ0v) is 12.1. The van der Waals surface area contributed by atoms with Crippen molar-refractivity contribution in [2.24, 2.45) is 0 Å². The molecule has 0 N–H and O–H groups in total. The summed E-state index contributed by atoms with van der Waals surface area (Å²) in [4.78, 5) is 12.7. The predicted octanol–water partition coefficient (Wildman–Crippen LogP) is 4.24. The van der Waals surface area contributed by atoms with Crippen molar-refractivity contribution in [1.82, 2.24) is 0 Å². The van der Waals surface area contributed by atoms with Gasteiger partial charge >= 0.3 is 0 Å². The molecule has 2 aromatic rings. The molecule has 0 heterocycles. The van der Waals surface area contributed by atoms with E-state index in [0.29, 0.717) is 0 Å². The van der Waals surface area contributed by atoms with Gasteiger partial charge in [-0.2, -0.15) is 0 Å². The molecule has 0 saturated carbocycles. The van der Waals surface area contributed by atoms with Gasteiger partial charge in [0.25, 0.3) is 0 Å². The second-order valence-corrected chi connectivity index (χ2v) is 6.05. The number of hydrogen-bond acceptors (Lipinski definition) is 2. The van der Waals surface area contributed by atoms with Crippen LogP contribution in [0.3, 0.4) is 0 Å². The molecule has 0 fully saturated rings. The van der Waals surface area contributed by atoms with E-state index in [1.807, 2.05) is 37.3 Å². The molecule has 2 rings (SSSR count). The molecule has 0 bridgehead atoms. The van der Waals surface area contributed by atoms with Crippen molar-refractivity contribution in [1.29, 1.82) is 0 Å². The lowest BCUT2D eigenvalue weighted by Crippen LogP contribution is -2.26. The minimum absolute atomic E-state index is 0.434. The normalized spacial score (nSPS) is 13.8. The Labute approximate surface area is 119 Å². The van der Waals surface area contributed by atoms with Crippen LogP contribution in [0, 0.1) is 6.92 Å². The van der Waals surface area contributed by atoms with Crippen molar-refractivity contribution >= 4 is 18.0 Å². The van der Waals surface area contributed by atoms with Crippen LogP contribution in [0.2, 0.25) is 0 Å². The van der Waals surface area contributed by atoms with E-state index in [1.54, 1.807) is 11.8 Å². The van der Waals surface area contributed by atoms with Gasteiger partial charge in [-0.05, 0) is 31.5 Å². The summed E-state index contributed by atoms with van der Waals surface area (Å²) in [5, 5.41) is 0. The summed E-state index contributed by atoms with van der Waals surface area (Å²) in [5.74, 6) is 0.754. The summed E-state index contributed by atoms with van der Waals surface area (Å²) < 4.78 is 0. The molecule has 0 aromatic heterocycles. The first-order valence-electron chi connectivity index (χ1n) is 6.35. The first kappa shape index (κ1) is 13.9. The average molecular weight is 270 g/mol. The Morgan fingerprint density at radius 3 is 2.26 bits per heavy atom. The molecular formula is C17H18OS. The van der Waals surface area contributed by atoms with Crippen LogP contribution in [0.1, 0.15) is 18.1 Å². The first-order chi connectivity index (χ1) is 9.14. The van der Waals surface area contributed by atoms with Gasteiger partial charge in [-0.1, -0.05) is 48.0 Å². The van der Waals surface area contributed by atoms with E-state index in [9.17, 15) is 4.79 Å². The molecule has 0 aliphatic heterocycles. The van der Waals surface area contributed by atoms with Gasteiger partial charge in [0.1, 0.15) is 6.29 Å². The van der Waals surface area contributed by atoms with Crippen molar-refractivity contribution in [3.05, 3.63) is 65.7 Å². The Balaban J connectivity index is 2.11. The Morgan fingerprint density at radius 2 is 1.68 bits per heavy atom. The maximum absolute atomic E-state index is 11.5. The predicted molar refractivity (Wildman–Crippen MR) is 81.8 cm³/mol. The quantitative estimate of drug-likeness (QED) is 0.597. The summed E-state index contributed by atoms with van der Waals surface area (Å²) in [6.45, 7) is 4.07. The number of thioether (sulfide) groups is 1. The van der Waals surface area contributed by atoms with Crippen molar-refractivity contribution in [3.8, 4) is 0 Å². The van der Waals surface area contributed by atoms with Crippen LogP contribution in [-0.4, -0.2) is 12.0 Å². The first-order valence-corrected chi connectivity index (χ1v) is 7.34. The highest BCUT2D eigenvalue weighted by molar-refractivity contribution is 7.99. The van der Waals surface area contributed by atoms with Gasteiger partial charge in [0, 0.05) is 10.6 Å². The third kappa shape index (κ3) is 3.48. The standard InChI is InChI=1S/C17H18OS/c1-14-8-10-16(11-9-14)19-13-17(2,12-18)15-6-4-3-5-7-15/h3-12H,13H2,1-2H3.